The zero-order chi connectivity index (χ0) is 8.27. The van der Waals surface area contributed by atoms with Gasteiger partial charge in [-0.05, 0) is 23.8 Å². The molecule has 1 rings (SSSR count). The Morgan fingerprint density at radius 1 is 1.55 bits per heavy atom. The Morgan fingerprint density at radius 3 is 2.82 bits per heavy atom. The standard InChI is InChI=1S/C9H10ClN/c1-3-7-6-8(11-2)4-5-9(7)10/h3-6,11H,1H2,2H3. The van der Waals surface area contributed by atoms with E-state index in [0.29, 0.717) is 0 Å². The predicted molar refractivity (Wildman–Crippen MR) is 51.1 cm³/mol. The van der Waals surface area contributed by atoms with E-state index in [-0.39, 0.29) is 0 Å². The highest BCUT2D eigenvalue weighted by molar-refractivity contribution is 6.32. The van der Waals surface area contributed by atoms with Crippen LogP contribution in [-0.2, 0) is 0 Å². The number of halogens is 1. The van der Waals surface area contributed by atoms with Gasteiger partial charge in [0.05, 0.1) is 0 Å². The van der Waals surface area contributed by atoms with Gasteiger partial charge in [0, 0.05) is 17.8 Å². The van der Waals surface area contributed by atoms with Crippen LogP contribution in [0.2, 0.25) is 5.02 Å². The molecule has 0 saturated heterocycles. The summed E-state index contributed by atoms with van der Waals surface area (Å²) >= 11 is 5.85. The molecule has 0 spiro atoms. The summed E-state index contributed by atoms with van der Waals surface area (Å²) in [6, 6.07) is 5.73. The molecule has 0 amide bonds. The van der Waals surface area contributed by atoms with Gasteiger partial charge in [0.25, 0.3) is 0 Å². The highest BCUT2D eigenvalue weighted by Crippen LogP contribution is 2.20. The minimum absolute atomic E-state index is 0.735. The van der Waals surface area contributed by atoms with Gasteiger partial charge in [-0.2, -0.15) is 0 Å². The summed E-state index contributed by atoms with van der Waals surface area (Å²) in [7, 11) is 1.87. The lowest BCUT2D eigenvalue weighted by atomic mass is 10.2. The molecule has 1 N–H and O–H groups in total. The lowest BCUT2D eigenvalue weighted by Gasteiger charge is -2.02. The average Bonchev–Trinajstić information content (AvgIpc) is 2.05. The monoisotopic (exact) mass is 167 g/mol. The molecule has 1 aromatic rings. The van der Waals surface area contributed by atoms with E-state index in [4.69, 9.17) is 11.6 Å². The maximum absolute atomic E-state index is 5.85. The van der Waals surface area contributed by atoms with Gasteiger partial charge in [0.1, 0.15) is 0 Å². The van der Waals surface area contributed by atoms with Gasteiger partial charge < -0.3 is 5.32 Å². The minimum atomic E-state index is 0.735. The molecule has 0 heterocycles. The predicted octanol–water partition coefficient (Wildman–Crippen LogP) is 3.02. The van der Waals surface area contributed by atoms with E-state index in [1.54, 1.807) is 6.08 Å². The molecule has 0 bridgehead atoms. The van der Waals surface area contributed by atoms with E-state index < -0.39 is 0 Å². The minimum Gasteiger partial charge on any atom is -0.388 e. The number of benzene rings is 1. The quantitative estimate of drug-likeness (QED) is 0.714. The molecule has 0 aliphatic carbocycles. The van der Waals surface area contributed by atoms with Crippen molar-refractivity contribution in [1.82, 2.24) is 0 Å². The molecule has 0 aromatic heterocycles. The van der Waals surface area contributed by atoms with Gasteiger partial charge >= 0.3 is 0 Å². The smallest absolute Gasteiger partial charge is 0.0479 e. The van der Waals surface area contributed by atoms with Crippen molar-refractivity contribution in [2.45, 2.75) is 0 Å². The van der Waals surface area contributed by atoms with Crippen molar-refractivity contribution in [2.75, 3.05) is 12.4 Å². The lowest BCUT2D eigenvalue weighted by molar-refractivity contribution is 1.50. The van der Waals surface area contributed by atoms with Gasteiger partial charge in [0.2, 0.25) is 0 Å². The highest BCUT2D eigenvalue weighted by atomic mass is 35.5. The first-order valence-electron chi connectivity index (χ1n) is 3.37. The SMILES string of the molecule is C=Cc1cc(NC)ccc1Cl. The normalized spacial score (nSPS) is 9.27. The second-order valence-corrected chi connectivity index (χ2v) is 2.60. The third kappa shape index (κ3) is 1.75. The van der Waals surface area contributed by atoms with Crippen LogP contribution in [0.3, 0.4) is 0 Å². The lowest BCUT2D eigenvalue weighted by Crippen LogP contribution is -1.87. The van der Waals surface area contributed by atoms with Crippen molar-refractivity contribution in [3.63, 3.8) is 0 Å². The highest BCUT2D eigenvalue weighted by Gasteiger charge is 1.95. The summed E-state index contributed by atoms with van der Waals surface area (Å²) in [4.78, 5) is 0. The van der Waals surface area contributed by atoms with Gasteiger partial charge in [-0.15, -0.1) is 0 Å². The molecule has 0 aliphatic heterocycles. The first-order valence-corrected chi connectivity index (χ1v) is 3.75. The Bertz CT molecular complexity index is 268. The number of hydrogen-bond donors (Lipinski definition) is 1. The molecule has 1 nitrogen and oxygen atoms in total. The third-order valence-electron chi connectivity index (χ3n) is 1.50. The molecule has 0 unspecified atom stereocenters. The van der Waals surface area contributed by atoms with Crippen LogP contribution in [0.5, 0.6) is 0 Å². The van der Waals surface area contributed by atoms with Gasteiger partial charge in [-0.25, -0.2) is 0 Å². The molecule has 58 valence electrons. The molecule has 11 heavy (non-hydrogen) atoms. The van der Waals surface area contributed by atoms with Gasteiger partial charge in [-0.1, -0.05) is 24.3 Å². The molecular formula is C9H10ClN. The van der Waals surface area contributed by atoms with E-state index in [0.717, 1.165) is 16.3 Å². The molecule has 0 aliphatic rings. The first-order chi connectivity index (χ1) is 5.27. The molecule has 1 aromatic carbocycles. The number of rotatable bonds is 2. The topological polar surface area (TPSA) is 12.0 Å². The van der Waals surface area contributed by atoms with Crippen molar-refractivity contribution in [2.24, 2.45) is 0 Å². The van der Waals surface area contributed by atoms with E-state index in [2.05, 4.69) is 11.9 Å². The Balaban J connectivity index is 3.12. The van der Waals surface area contributed by atoms with Crippen molar-refractivity contribution < 1.29 is 0 Å². The Hall–Kier alpha value is -0.950. The van der Waals surface area contributed by atoms with E-state index in [1.807, 2.05) is 25.2 Å². The molecular weight excluding hydrogens is 158 g/mol. The van der Waals surface area contributed by atoms with Crippen LogP contribution < -0.4 is 5.32 Å². The molecule has 0 fully saturated rings. The largest absolute Gasteiger partial charge is 0.388 e. The van der Waals surface area contributed by atoms with Crippen LogP contribution in [0.4, 0.5) is 5.69 Å². The molecule has 2 heteroatoms. The summed E-state index contributed by atoms with van der Waals surface area (Å²) < 4.78 is 0. The summed E-state index contributed by atoms with van der Waals surface area (Å²) in [6.45, 7) is 3.65. The van der Waals surface area contributed by atoms with Crippen LogP contribution in [-0.4, -0.2) is 7.05 Å². The van der Waals surface area contributed by atoms with Crippen molar-refractivity contribution in [3.05, 3.63) is 35.4 Å². The number of hydrogen-bond acceptors (Lipinski definition) is 1. The fraction of sp³-hybridized carbons (Fsp3) is 0.111. The Kier molecular flexibility index (Phi) is 2.55. The Labute approximate surface area is 71.7 Å². The van der Waals surface area contributed by atoms with Crippen LogP contribution >= 0.6 is 11.6 Å². The Morgan fingerprint density at radius 2 is 2.27 bits per heavy atom. The second kappa shape index (κ2) is 3.44. The van der Waals surface area contributed by atoms with Crippen LogP contribution in [0.15, 0.2) is 24.8 Å². The summed E-state index contributed by atoms with van der Waals surface area (Å²) in [5, 5.41) is 3.76. The third-order valence-corrected chi connectivity index (χ3v) is 1.85. The summed E-state index contributed by atoms with van der Waals surface area (Å²) in [5.74, 6) is 0. The van der Waals surface area contributed by atoms with Crippen molar-refractivity contribution in [1.29, 1.82) is 0 Å². The maximum atomic E-state index is 5.85. The number of nitrogens with one attached hydrogen (secondary N) is 1. The fourth-order valence-electron chi connectivity index (χ4n) is 0.856. The van der Waals surface area contributed by atoms with Gasteiger partial charge in [-0.3, -0.25) is 0 Å². The van der Waals surface area contributed by atoms with E-state index in [1.165, 1.54) is 0 Å². The zero-order valence-electron chi connectivity index (χ0n) is 6.39. The molecule has 0 saturated carbocycles. The van der Waals surface area contributed by atoms with Crippen LogP contribution in [0, 0.1) is 0 Å². The zero-order valence-corrected chi connectivity index (χ0v) is 7.15. The fourth-order valence-corrected chi connectivity index (χ4v) is 1.05. The first kappa shape index (κ1) is 8.15. The van der Waals surface area contributed by atoms with Crippen LogP contribution in [0.1, 0.15) is 5.56 Å². The van der Waals surface area contributed by atoms with Crippen molar-refractivity contribution >= 4 is 23.4 Å². The van der Waals surface area contributed by atoms with Crippen LogP contribution in [0.25, 0.3) is 6.08 Å². The van der Waals surface area contributed by atoms with E-state index >= 15 is 0 Å². The van der Waals surface area contributed by atoms with Crippen molar-refractivity contribution in [3.8, 4) is 0 Å². The average molecular weight is 168 g/mol. The number of anilines is 1. The van der Waals surface area contributed by atoms with E-state index in [9.17, 15) is 0 Å². The summed E-state index contributed by atoms with van der Waals surface area (Å²) in [5.41, 5.74) is 2.00. The second-order valence-electron chi connectivity index (χ2n) is 2.19. The molecule has 0 atom stereocenters. The maximum Gasteiger partial charge on any atom is 0.0479 e. The summed E-state index contributed by atoms with van der Waals surface area (Å²) in [6.07, 6.45) is 1.74. The van der Waals surface area contributed by atoms with Gasteiger partial charge in [0.15, 0.2) is 0 Å². The molecule has 0 radical (unpaired) electrons.